The van der Waals surface area contributed by atoms with E-state index in [2.05, 4.69) is 10.3 Å². The van der Waals surface area contributed by atoms with E-state index in [0.717, 1.165) is 30.5 Å². The number of aromatic nitrogens is 1. The molecule has 3 N–H and O–H groups in total. The summed E-state index contributed by atoms with van der Waals surface area (Å²) in [5.41, 5.74) is 8.53. The number of aryl methyl sites for hydroxylation is 2. The van der Waals surface area contributed by atoms with Crippen LogP contribution in [0.1, 0.15) is 32.9 Å². The standard InChI is InChI=1S/C15H16ClN3OS/c1-8-4-9(6-10(16)5-8)14(20)19-15-18-12-3-2-11(17)7-13(12)21-15/h4-6,11H,2-3,7,17H2,1H3,(H,18,19,20)/t11-/m0/s1. The van der Waals surface area contributed by atoms with E-state index in [9.17, 15) is 4.79 Å². The molecule has 4 nitrogen and oxygen atoms in total. The molecule has 3 rings (SSSR count). The normalized spacial score (nSPS) is 17.4. The molecule has 1 aliphatic carbocycles. The molecule has 0 unspecified atom stereocenters. The van der Waals surface area contributed by atoms with Crippen molar-refractivity contribution in [3.05, 3.63) is 44.9 Å². The van der Waals surface area contributed by atoms with E-state index in [0.29, 0.717) is 15.7 Å². The Labute approximate surface area is 132 Å². The topological polar surface area (TPSA) is 68.0 Å². The van der Waals surface area contributed by atoms with Crippen LogP contribution in [0.15, 0.2) is 18.2 Å². The average Bonchev–Trinajstić information content (AvgIpc) is 2.78. The van der Waals surface area contributed by atoms with Gasteiger partial charge in [0.05, 0.1) is 5.69 Å². The van der Waals surface area contributed by atoms with Gasteiger partial charge in [0.15, 0.2) is 5.13 Å². The van der Waals surface area contributed by atoms with Crippen molar-refractivity contribution in [1.29, 1.82) is 0 Å². The first kappa shape index (κ1) is 14.5. The summed E-state index contributed by atoms with van der Waals surface area (Å²) in [7, 11) is 0. The monoisotopic (exact) mass is 321 g/mol. The third kappa shape index (κ3) is 3.26. The van der Waals surface area contributed by atoms with Crippen LogP contribution in [0.4, 0.5) is 5.13 Å². The molecule has 0 fully saturated rings. The number of hydrogen-bond donors (Lipinski definition) is 2. The van der Waals surface area contributed by atoms with Gasteiger partial charge >= 0.3 is 0 Å². The van der Waals surface area contributed by atoms with E-state index in [1.54, 1.807) is 6.07 Å². The lowest BCUT2D eigenvalue weighted by molar-refractivity contribution is 0.102. The third-order valence-corrected chi connectivity index (χ3v) is 4.76. The number of halogens is 1. The number of anilines is 1. The van der Waals surface area contributed by atoms with Gasteiger partial charge in [-0.25, -0.2) is 4.98 Å². The van der Waals surface area contributed by atoms with E-state index < -0.39 is 0 Å². The zero-order valence-corrected chi connectivity index (χ0v) is 13.2. The highest BCUT2D eigenvalue weighted by Crippen LogP contribution is 2.29. The number of nitrogens with zero attached hydrogens (tertiary/aromatic N) is 1. The molecule has 0 saturated carbocycles. The fraction of sp³-hybridized carbons (Fsp3) is 0.333. The van der Waals surface area contributed by atoms with Crippen molar-refractivity contribution in [1.82, 2.24) is 4.98 Å². The second-order valence-corrected chi connectivity index (χ2v) is 6.88. The highest BCUT2D eigenvalue weighted by Gasteiger charge is 2.21. The van der Waals surface area contributed by atoms with Crippen LogP contribution in [-0.2, 0) is 12.8 Å². The molecular weight excluding hydrogens is 306 g/mol. The molecule has 6 heteroatoms. The first-order valence-corrected chi connectivity index (χ1v) is 8.03. The Morgan fingerprint density at radius 1 is 1.48 bits per heavy atom. The minimum atomic E-state index is -0.184. The molecule has 1 heterocycles. The van der Waals surface area contributed by atoms with Crippen LogP contribution in [0, 0.1) is 6.92 Å². The Hall–Kier alpha value is -1.43. The minimum absolute atomic E-state index is 0.184. The van der Waals surface area contributed by atoms with Crippen LogP contribution >= 0.6 is 22.9 Å². The maximum atomic E-state index is 12.3. The second-order valence-electron chi connectivity index (χ2n) is 5.36. The molecule has 1 aromatic carbocycles. The summed E-state index contributed by atoms with van der Waals surface area (Å²) in [6, 6.07) is 5.50. The molecule has 0 aliphatic heterocycles. The summed E-state index contributed by atoms with van der Waals surface area (Å²) >= 11 is 7.50. The molecule has 110 valence electrons. The predicted octanol–water partition coefficient (Wildman–Crippen LogP) is 3.17. The van der Waals surface area contributed by atoms with Crippen molar-refractivity contribution in [3.8, 4) is 0 Å². The van der Waals surface area contributed by atoms with Crippen LogP contribution < -0.4 is 11.1 Å². The van der Waals surface area contributed by atoms with Crippen LogP contribution in [0.2, 0.25) is 5.02 Å². The SMILES string of the molecule is Cc1cc(Cl)cc(C(=O)Nc2nc3c(s2)C[C@@H](N)CC3)c1. The summed E-state index contributed by atoms with van der Waals surface area (Å²) in [6.07, 6.45) is 2.69. The van der Waals surface area contributed by atoms with E-state index in [-0.39, 0.29) is 11.9 Å². The number of nitrogens with one attached hydrogen (secondary N) is 1. The molecule has 0 spiro atoms. The minimum Gasteiger partial charge on any atom is -0.327 e. The van der Waals surface area contributed by atoms with Crippen molar-refractivity contribution in [2.45, 2.75) is 32.2 Å². The van der Waals surface area contributed by atoms with Crippen LogP contribution in [0.25, 0.3) is 0 Å². The zero-order chi connectivity index (χ0) is 15.0. The van der Waals surface area contributed by atoms with Crippen molar-refractivity contribution < 1.29 is 4.79 Å². The summed E-state index contributed by atoms with van der Waals surface area (Å²) in [5, 5.41) is 4.05. The number of thiazole rings is 1. The number of amides is 1. The Morgan fingerprint density at radius 3 is 3.05 bits per heavy atom. The van der Waals surface area contributed by atoms with Gasteiger partial charge in [0.1, 0.15) is 0 Å². The highest BCUT2D eigenvalue weighted by molar-refractivity contribution is 7.15. The third-order valence-electron chi connectivity index (χ3n) is 3.50. The van der Waals surface area contributed by atoms with Gasteiger partial charge in [0.2, 0.25) is 0 Å². The number of rotatable bonds is 2. The maximum absolute atomic E-state index is 12.3. The maximum Gasteiger partial charge on any atom is 0.257 e. The smallest absolute Gasteiger partial charge is 0.257 e. The molecule has 0 bridgehead atoms. The lowest BCUT2D eigenvalue weighted by Crippen LogP contribution is -2.27. The average molecular weight is 322 g/mol. The van der Waals surface area contributed by atoms with E-state index in [1.165, 1.54) is 16.2 Å². The molecule has 0 radical (unpaired) electrons. The molecule has 1 amide bonds. The van der Waals surface area contributed by atoms with Crippen molar-refractivity contribution in [2.75, 3.05) is 5.32 Å². The van der Waals surface area contributed by atoms with Gasteiger partial charge < -0.3 is 5.73 Å². The summed E-state index contributed by atoms with van der Waals surface area (Å²) < 4.78 is 0. The van der Waals surface area contributed by atoms with Crippen LogP contribution in [0.3, 0.4) is 0 Å². The second kappa shape index (κ2) is 5.75. The molecule has 0 saturated heterocycles. The Kier molecular flexibility index (Phi) is 3.97. The molecule has 21 heavy (non-hydrogen) atoms. The quantitative estimate of drug-likeness (QED) is 0.892. The number of hydrogen-bond acceptors (Lipinski definition) is 4. The number of fused-ring (bicyclic) bond motifs is 1. The zero-order valence-electron chi connectivity index (χ0n) is 11.6. The number of carbonyl (C=O) groups excluding carboxylic acids is 1. The van der Waals surface area contributed by atoms with Crippen molar-refractivity contribution in [2.24, 2.45) is 5.73 Å². The van der Waals surface area contributed by atoms with E-state index in [1.807, 2.05) is 19.1 Å². The largest absolute Gasteiger partial charge is 0.327 e. The fourth-order valence-electron chi connectivity index (χ4n) is 2.49. The predicted molar refractivity (Wildman–Crippen MR) is 86.3 cm³/mol. The lowest BCUT2D eigenvalue weighted by atomic mass is 9.99. The van der Waals surface area contributed by atoms with Gasteiger partial charge in [-0.15, -0.1) is 11.3 Å². The molecule has 1 aromatic heterocycles. The number of carbonyl (C=O) groups is 1. The Morgan fingerprint density at radius 2 is 2.29 bits per heavy atom. The van der Waals surface area contributed by atoms with Gasteiger partial charge in [-0.2, -0.15) is 0 Å². The van der Waals surface area contributed by atoms with Crippen molar-refractivity contribution in [3.63, 3.8) is 0 Å². The van der Waals surface area contributed by atoms with E-state index in [4.69, 9.17) is 17.3 Å². The van der Waals surface area contributed by atoms with Gasteiger partial charge in [-0.1, -0.05) is 11.6 Å². The van der Waals surface area contributed by atoms with E-state index >= 15 is 0 Å². The Bertz CT molecular complexity index is 678. The van der Waals surface area contributed by atoms with Gasteiger partial charge in [-0.3, -0.25) is 10.1 Å². The van der Waals surface area contributed by atoms with Gasteiger partial charge in [-0.05, 0) is 49.9 Å². The first-order chi connectivity index (χ1) is 10.0. The summed E-state index contributed by atoms with van der Waals surface area (Å²) in [6.45, 7) is 1.91. The first-order valence-electron chi connectivity index (χ1n) is 6.84. The Balaban J connectivity index is 1.79. The molecular formula is C15H16ClN3OS. The van der Waals surface area contributed by atoms with Crippen LogP contribution in [0.5, 0.6) is 0 Å². The summed E-state index contributed by atoms with van der Waals surface area (Å²) in [4.78, 5) is 17.9. The molecule has 2 aromatic rings. The fourth-order valence-corrected chi connectivity index (χ4v) is 3.88. The van der Waals surface area contributed by atoms with Gasteiger partial charge in [0, 0.05) is 21.5 Å². The lowest BCUT2D eigenvalue weighted by Gasteiger charge is -2.15. The molecule has 1 aliphatic rings. The van der Waals surface area contributed by atoms with Gasteiger partial charge in [0.25, 0.3) is 5.91 Å². The van der Waals surface area contributed by atoms with Crippen LogP contribution in [-0.4, -0.2) is 16.9 Å². The van der Waals surface area contributed by atoms with Crippen molar-refractivity contribution >= 4 is 34.0 Å². The molecule has 1 atom stereocenters. The summed E-state index contributed by atoms with van der Waals surface area (Å²) in [5.74, 6) is -0.184. The number of benzene rings is 1. The highest BCUT2D eigenvalue weighted by atomic mass is 35.5. The number of nitrogens with two attached hydrogens (primary N) is 1.